The van der Waals surface area contributed by atoms with Crippen LogP contribution < -0.4 is 16.2 Å². The summed E-state index contributed by atoms with van der Waals surface area (Å²) in [6.45, 7) is 3.08. The molecule has 4 N–H and O–H groups in total. The van der Waals surface area contributed by atoms with Crippen LogP contribution in [0.4, 0.5) is 11.4 Å². The van der Waals surface area contributed by atoms with Crippen molar-refractivity contribution >= 4 is 11.4 Å². The monoisotopic (exact) mass is 398 g/mol. The van der Waals surface area contributed by atoms with Gasteiger partial charge in [-0.2, -0.15) is 0 Å². The molecule has 0 unspecified atom stereocenters. The van der Waals surface area contributed by atoms with Gasteiger partial charge >= 0.3 is 0 Å². The van der Waals surface area contributed by atoms with Gasteiger partial charge in [0, 0.05) is 23.5 Å². The summed E-state index contributed by atoms with van der Waals surface area (Å²) in [6, 6.07) is 5.50. The Labute approximate surface area is 178 Å². The third kappa shape index (κ3) is 7.60. The number of anilines is 2. The molecule has 0 saturated heterocycles. The van der Waals surface area contributed by atoms with Crippen LogP contribution in [0.5, 0.6) is 5.75 Å². The molecule has 0 heterocycles. The smallest absolute Gasteiger partial charge is 0.123 e. The van der Waals surface area contributed by atoms with Gasteiger partial charge in [0.2, 0.25) is 0 Å². The predicted octanol–water partition coefficient (Wildman–Crippen LogP) is 6.98. The first kappa shape index (κ1) is 22.1. The van der Waals surface area contributed by atoms with Crippen molar-refractivity contribution in [3.05, 3.63) is 30.4 Å². The summed E-state index contributed by atoms with van der Waals surface area (Å²) in [4.78, 5) is 0. The number of nitrogen functional groups attached to an aromatic ring is 2. The fourth-order valence-corrected chi connectivity index (χ4v) is 5.16. The average Bonchev–Trinajstić information content (AvgIpc) is 2.72. The number of rotatable bonds is 9. The van der Waals surface area contributed by atoms with Crippen LogP contribution in [0.2, 0.25) is 0 Å². The summed E-state index contributed by atoms with van der Waals surface area (Å²) in [5, 5.41) is 0. The Kier molecular flexibility index (Phi) is 8.76. The molecule has 0 aromatic heterocycles. The van der Waals surface area contributed by atoms with Gasteiger partial charge < -0.3 is 16.2 Å². The van der Waals surface area contributed by atoms with Gasteiger partial charge in [-0.15, -0.1) is 0 Å². The van der Waals surface area contributed by atoms with E-state index in [1.165, 1.54) is 77.0 Å². The molecular weight excluding hydrogens is 356 g/mol. The van der Waals surface area contributed by atoms with Gasteiger partial charge in [-0.05, 0) is 81.1 Å². The molecule has 0 radical (unpaired) electrons. The second-order valence-corrected chi connectivity index (χ2v) is 9.59. The molecular formula is C26H42N2O. The third-order valence-corrected chi connectivity index (χ3v) is 7.09. The Hall–Kier alpha value is -1.64. The van der Waals surface area contributed by atoms with Crippen molar-refractivity contribution in [3.63, 3.8) is 0 Å². The quantitative estimate of drug-likeness (QED) is 0.268. The minimum absolute atomic E-state index is 0.654. The van der Waals surface area contributed by atoms with Crippen molar-refractivity contribution in [3.8, 4) is 5.75 Å². The van der Waals surface area contributed by atoms with Crippen molar-refractivity contribution in [1.29, 1.82) is 0 Å². The van der Waals surface area contributed by atoms with Crippen LogP contribution in [-0.2, 0) is 0 Å². The molecule has 29 heavy (non-hydrogen) atoms. The molecule has 0 bridgehead atoms. The molecule has 1 aromatic rings. The van der Waals surface area contributed by atoms with Crippen molar-refractivity contribution in [2.75, 3.05) is 18.1 Å². The van der Waals surface area contributed by atoms with Crippen LogP contribution in [0, 0.1) is 23.7 Å². The summed E-state index contributed by atoms with van der Waals surface area (Å²) >= 11 is 0. The van der Waals surface area contributed by atoms with Crippen molar-refractivity contribution in [1.82, 2.24) is 0 Å². The zero-order valence-corrected chi connectivity index (χ0v) is 18.5. The summed E-state index contributed by atoms with van der Waals surface area (Å²) in [7, 11) is 0. The first-order chi connectivity index (χ1) is 14.1. The first-order valence-corrected chi connectivity index (χ1v) is 12.1. The average molecular weight is 399 g/mol. The molecule has 0 atom stereocenters. The van der Waals surface area contributed by atoms with Crippen LogP contribution in [0.25, 0.3) is 0 Å². The second kappa shape index (κ2) is 11.5. The van der Waals surface area contributed by atoms with Gasteiger partial charge in [0.05, 0.1) is 6.61 Å². The largest absolute Gasteiger partial charge is 0.493 e. The van der Waals surface area contributed by atoms with Crippen LogP contribution in [0.1, 0.15) is 84.0 Å². The van der Waals surface area contributed by atoms with E-state index in [0.717, 1.165) is 30.1 Å². The highest BCUT2D eigenvalue weighted by Gasteiger charge is 2.22. The highest BCUT2D eigenvalue weighted by Crippen LogP contribution is 2.35. The lowest BCUT2D eigenvalue weighted by Gasteiger charge is -2.29. The highest BCUT2D eigenvalue weighted by molar-refractivity contribution is 5.56. The van der Waals surface area contributed by atoms with Crippen molar-refractivity contribution in [2.45, 2.75) is 84.0 Å². The SMILES string of the molecule is CCCCCC1CCC(/C=C/C2CCC(COc3cc(N)cc(N)c3)CC2)CC1. The van der Waals surface area contributed by atoms with Crippen molar-refractivity contribution in [2.24, 2.45) is 23.7 Å². The van der Waals surface area contributed by atoms with Gasteiger partial charge in [-0.1, -0.05) is 44.8 Å². The van der Waals surface area contributed by atoms with Gasteiger partial charge in [0.15, 0.2) is 0 Å². The molecule has 2 fully saturated rings. The molecule has 1 aromatic carbocycles. The summed E-state index contributed by atoms with van der Waals surface area (Å²) in [6.07, 6.45) is 21.7. The topological polar surface area (TPSA) is 61.3 Å². The number of unbranched alkanes of at least 4 members (excludes halogenated alkanes) is 2. The fraction of sp³-hybridized carbons (Fsp3) is 0.692. The maximum absolute atomic E-state index is 5.96. The zero-order valence-electron chi connectivity index (χ0n) is 18.5. The van der Waals surface area contributed by atoms with Crippen LogP contribution in [0.15, 0.2) is 30.4 Å². The van der Waals surface area contributed by atoms with E-state index in [1.807, 2.05) is 12.1 Å². The lowest BCUT2D eigenvalue weighted by molar-refractivity contribution is 0.194. The summed E-state index contributed by atoms with van der Waals surface area (Å²) < 4.78 is 5.96. The molecule has 0 aliphatic heterocycles. The summed E-state index contributed by atoms with van der Waals surface area (Å²) in [5.41, 5.74) is 13.0. The Bertz CT molecular complexity index is 605. The zero-order chi connectivity index (χ0) is 20.5. The minimum atomic E-state index is 0.654. The lowest BCUT2D eigenvalue weighted by Crippen LogP contribution is -2.19. The third-order valence-electron chi connectivity index (χ3n) is 7.09. The van der Waals surface area contributed by atoms with E-state index in [4.69, 9.17) is 16.2 Å². The molecule has 2 aliphatic rings. The second-order valence-electron chi connectivity index (χ2n) is 9.59. The molecule has 3 heteroatoms. The number of hydrogen-bond acceptors (Lipinski definition) is 3. The van der Waals surface area contributed by atoms with Gasteiger partial charge in [-0.3, -0.25) is 0 Å². The Balaban J connectivity index is 1.31. The number of allylic oxidation sites excluding steroid dienone is 2. The molecule has 2 aliphatic carbocycles. The Morgan fingerprint density at radius 2 is 1.34 bits per heavy atom. The van der Waals surface area contributed by atoms with E-state index < -0.39 is 0 Å². The number of hydrogen-bond donors (Lipinski definition) is 2. The lowest BCUT2D eigenvalue weighted by atomic mass is 9.78. The molecule has 2 saturated carbocycles. The first-order valence-electron chi connectivity index (χ1n) is 12.1. The molecule has 3 nitrogen and oxygen atoms in total. The predicted molar refractivity (Wildman–Crippen MR) is 125 cm³/mol. The number of ether oxygens (including phenoxy) is 1. The van der Waals surface area contributed by atoms with E-state index in [1.54, 1.807) is 6.07 Å². The molecule has 0 amide bonds. The molecule has 3 rings (SSSR count). The van der Waals surface area contributed by atoms with E-state index in [-0.39, 0.29) is 0 Å². The Morgan fingerprint density at radius 3 is 1.90 bits per heavy atom. The van der Waals surface area contributed by atoms with Crippen LogP contribution in [0.3, 0.4) is 0 Å². The van der Waals surface area contributed by atoms with Crippen molar-refractivity contribution < 1.29 is 4.74 Å². The van der Waals surface area contributed by atoms with E-state index in [2.05, 4.69) is 19.1 Å². The normalized spacial score (nSPS) is 27.9. The van der Waals surface area contributed by atoms with Gasteiger partial charge in [-0.25, -0.2) is 0 Å². The number of nitrogens with two attached hydrogens (primary N) is 2. The van der Waals surface area contributed by atoms with Crippen LogP contribution >= 0.6 is 0 Å². The highest BCUT2D eigenvalue weighted by atomic mass is 16.5. The maximum atomic E-state index is 5.96. The molecule has 0 spiro atoms. The Morgan fingerprint density at radius 1 is 0.793 bits per heavy atom. The minimum Gasteiger partial charge on any atom is -0.493 e. The number of benzene rings is 1. The standard InChI is InChI=1S/C26H42N2O/c1-2-3-4-5-20-6-8-21(9-7-20)10-11-22-12-14-23(15-13-22)19-29-26-17-24(27)16-25(28)18-26/h10-11,16-18,20-23H,2-9,12-15,19,27-28H2,1H3/b11-10+. The summed E-state index contributed by atoms with van der Waals surface area (Å²) in [5.74, 6) is 4.08. The van der Waals surface area contributed by atoms with E-state index >= 15 is 0 Å². The van der Waals surface area contributed by atoms with E-state index in [9.17, 15) is 0 Å². The van der Waals surface area contributed by atoms with Gasteiger partial charge in [0.25, 0.3) is 0 Å². The maximum Gasteiger partial charge on any atom is 0.123 e. The van der Waals surface area contributed by atoms with Crippen LogP contribution in [-0.4, -0.2) is 6.61 Å². The molecule has 162 valence electrons. The fourth-order valence-electron chi connectivity index (χ4n) is 5.16. The van der Waals surface area contributed by atoms with Gasteiger partial charge in [0.1, 0.15) is 5.75 Å². The van der Waals surface area contributed by atoms with E-state index in [0.29, 0.717) is 17.3 Å².